The molecule has 2 aromatic rings. The van der Waals surface area contributed by atoms with E-state index in [1.807, 2.05) is 18.2 Å². The van der Waals surface area contributed by atoms with Crippen LogP contribution in [0.5, 0.6) is 0 Å². The summed E-state index contributed by atoms with van der Waals surface area (Å²) in [7, 11) is 0. The van der Waals surface area contributed by atoms with Crippen molar-refractivity contribution < 1.29 is 4.42 Å². The predicted molar refractivity (Wildman–Crippen MR) is 88.0 cm³/mol. The van der Waals surface area contributed by atoms with E-state index in [-0.39, 0.29) is 12.4 Å². The molecule has 1 aromatic carbocycles. The van der Waals surface area contributed by atoms with Gasteiger partial charge >= 0.3 is 0 Å². The molecule has 0 unspecified atom stereocenters. The van der Waals surface area contributed by atoms with Crippen LogP contribution in [0.1, 0.15) is 25.5 Å². The molecule has 20 heavy (non-hydrogen) atoms. The fourth-order valence-corrected chi connectivity index (χ4v) is 2.20. The van der Waals surface area contributed by atoms with Crippen molar-refractivity contribution in [2.24, 2.45) is 0 Å². The highest BCUT2D eigenvalue weighted by atomic mass is 35.5. The standard InChI is InChI=1S/C15H17Cl2NO.ClH/c1-2-3-8-18-10-12-5-7-15(19-12)13-9-11(16)4-6-14(13)17;/h4-7,9,18H,2-3,8,10H2,1H3;1H. The van der Waals surface area contributed by atoms with Gasteiger partial charge < -0.3 is 9.73 Å². The Hall–Kier alpha value is -0.670. The van der Waals surface area contributed by atoms with E-state index in [1.54, 1.807) is 12.1 Å². The van der Waals surface area contributed by atoms with Crippen LogP contribution in [-0.4, -0.2) is 6.54 Å². The molecule has 0 bridgehead atoms. The van der Waals surface area contributed by atoms with Crippen molar-refractivity contribution in [3.05, 3.63) is 46.1 Å². The Morgan fingerprint density at radius 2 is 1.95 bits per heavy atom. The van der Waals surface area contributed by atoms with Crippen molar-refractivity contribution in [3.63, 3.8) is 0 Å². The predicted octanol–water partition coefficient (Wildman–Crippen LogP) is 5.56. The molecule has 5 heteroatoms. The summed E-state index contributed by atoms with van der Waals surface area (Å²) in [4.78, 5) is 0. The highest BCUT2D eigenvalue weighted by molar-refractivity contribution is 6.35. The third-order valence-corrected chi connectivity index (χ3v) is 3.43. The van der Waals surface area contributed by atoms with Gasteiger partial charge in [0.2, 0.25) is 0 Å². The molecule has 0 aliphatic rings. The molecule has 0 aliphatic carbocycles. The van der Waals surface area contributed by atoms with Gasteiger partial charge in [0.25, 0.3) is 0 Å². The molecular formula is C15H18Cl3NO. The van der Waals surface area contributed by atoms with Gasteiger partial charge in [-0.2, -0.15) is 0 Å². The molecule has 0 amide bonds. The lowest BCUT2D eigenvalue weighted by Crippen LogP contribution is -2.13. The largest absolute Gasteiger partial charge is 0.460 e. The zero-order valence-electron chi connectivity index (χ0n) is 11.3. The maximum atomic E-state index is 6.15. The normalized spacial score (nSPS) is 10.3. The highest BCUT2D eigenvalue weighted by Gasteiger charge is 2.09. The van der Waals surface area contributed by atoms with Gasteiger partial charge in [-0.1, -0.05) is 36.5 Å². The minimum absolute atomic E-state index is 0. The number of unbranched alkanes of at least 4 members (excludes halogenated alkanes) is 1. The van der Waals surface area contributed by atoms with Crippen LogP contribution in [0, 0.1) is 0 Å². The highest BCUT2D eigenvalue weighted by Crippen LogP contribution is 2.31. The summed E-state index contributed by atoms with van der Waals surface area (Å²) in [5.41, 5.74) is 0.828. The van der Waals surface area contributed by atoms with Crippen molar-refractivity contribution in [1.29, 1.82) is 0 Å². The van der Waals surface area contributed by atoms with Crippen molar-refractivity contribution in [1.82, 2.24) is 5.32 Å². The average molecular weight is 335 g/mol. The van der Waals surface area contributed by atoms with Gasteiger partial charge in [0, 0.05) is 10.6 Å². The summed E-state index contributed by atoms with van der Waals surface area (Å²) in [6, 6.07) is 9.25. The molecule has 1 heterocycles. The van der Waals surface area contributed by atoms with Crippen LogP contribution in [-0.2, 0) is 6.54 Å². The third kappa shape index (κ3) is 4.71. The lowest BCUT2D eigenvalue weighted by molar-refractivity contribution is 0.490. The van der Waals surface area contributed by atoms with Gasteiger partial charge in [0.15, 0.2) is 0 Å². The Morgan fingerprint density at radius 1 is 1.15 bits per heavy atom. The van der Waals surface area contributed by atoms with Crippen LogP contribution in [0.25, 0.3) is 11.3 Å². The first-order valence-electron chi connectivity index (χ1n) is 6.45. The minimum Gasteiger partial charge on any atom is -0.460 e. The van der Waals surface area contributed by atoms with Crippen molar-refractivity contribution in [3.8, 4) is 11.3 Å². The number of halogens is 3. The van der Waals surface area contributed by atoms with E-state index >= 15 is 0 Å². The van der Waals surface area contributed by atoms with Crippen LogP contribution in [0.4, 0.5) is 0 Å². The van der Waals surface area contributed by atoms with Crippen LogP contribution < -0.4 is 5.32 Å². The van der Waals surface area contributed by atoms with Gasteiger partial charge in [0.05, 0.1) is 11.6 Å². The molecule has 0 spiro atoms. The summed E-state index contributed by atoms with van der Waals surface area (Å²) < 4.78 is 5.78. The molecule has 0 fully saturated rings. The molecular weight excluding hydrogens is 317 g/mol. The third-order valence-electron chi connectivity index (χ3n) is 2.86. The Kier molecular flexibility index (Phi) is 7.46. The molecule has 0 saturated carbocycles. The smallest absolute Gasteiger partial charge is 0.135 e. The van der Waals surface area contributed by atoms with Crippen LogP contribution >= 0.6 is 35.6 Å². The van der Waals surface area contributed by atoms with Gasteiger partial charge in [-0.3, -0.25) is 0 Å². The molecule has 1 N–H and O–H groups in total. The minimum atomic E-state index is 0. The van der Waals surface area contributed by atoms with Crippen molar-refractivity contribution >= 4 is 35.6 Å². The summed E-state index contributed by atoms with van der Waals surface area (Å²) in [5.74, 6) is 1.65. The van der Waals surface area contributed by atoms with E-state index in [1.165, 1.54) is 12.8 Å². The lowest BCUT2D eigenvalue weighted by Gasteiger charge is -2.03. The summed E-state index contributed by atoms with van der Waals surface area (Å²) in [6.07, 6.45) is 2.36. The molecule has 0 radical (unpaired) electrons. The van der Waals surface area contributed by atoms with Crippen LogP contribution in [0.3, 0.4) is 0 Å². The number of furan rings is 1. The van der Waals surface area contributed by atoms with Gasteiger partial charge in [-0.25, -0.2) is 0 Å². The summed E-state index contributed by atoms with van der Waals surface area (Å²) in [6.45, 7) is 3.91. The summed E-state index contributed by atoms with van der Waals surface area (Å²) in [5, 5.41) is 4.63. The first kappa shape index (κ1) is 17.4. The van der Waals surface area contributed by atoms with E-state index in [9.17, 15) is 0 Å². The van der Waals surface area contributed by atoms with E-state index < -0.39 is 0 Å². The fraction of sp³-hybridized carbons (Fsp3) is 0.333. The second-order valence-electron chi connectivity index (χ2n) is 4.42. The van der Waals surface area contributed by atoms with E-state index in [4.69, 9.17) is 27.6 Å². The number of rotatable bonds is 6. The van der Waals surface area contributed by atoms with Crippen LogP contribution in [0.15, 0.2) is 34.7 Å². The number of hydrogen-bond donors (Lipinski definition) is 1. The van der Waals surface area contributed by atoms with Crippen molar-refractivity contribution in [2.45, 2.75) is 26.3 Å². The molecule has 2 rings (SSSR count). The number of hydrogen-bond acceptors (Lipinski definition) is 2. The monoisotopic (exact) mass is 333 g/mol. The van der Waals surface area contributed by atoms with E-state index in [0.29, 0.717) is 10.0 Å². The maximum absolute atomic E-state index is 6.15. The van der Waals surface area contributed by atoms with E-state index in [0.717, 1.165) is 30.2 Å². The Bertz CT molecular complexity index is 540. The Morgan fingerprint density at radius 3 is 2.70 bits per heavy atom. The molecule has 110 valence electrons. The second kappa shape index (κ2) is 8.58. The molecule has 0 atom stereocenters. The summed E-state index contributed by atoms with van der Waals surface area (Å²) >= 11 is 12.1. The van der Waals surface area contributed by atoms with Gasteiger partial charge in [-0.05, 0) is 43.3 Å². The number of nitrogens with one attached hydrogen (secondary N) is 1. The second-order valence-corrected chi connectivity index (χ2v) is 5.26. The zero-order valence-corrected chi connectivity index (χ0v) is 13.6. The quantitative estimate of drug-likeness (QED) is 0.699. The molecule has 0 aliphatic heterocycles. The van der Waals surface area contributed by atoms with Gasteiger partial charge in [0.1, 0.15) is 11.5 Å². The maximum Gasteiger partial charge on any atom is 0.135 e. The van der Waals surface area contributed by atoms with Crippen molar-refractivity contribution in [2.75, 3.05) is 6.54 Å². The molecule has 2 nitrogen and oxygen atoms in total. The molecule has 0 saturated heterocycles. The fourth-order valence-electron chi connectivity index (χ4n) is 1.82. The van der Waals surface area contributed by atoms with Crippen LogP contribution in [0.2, 0.25) is 10.0 Å². The first-order chi connectivity index (χ1) is 9.20. The average Bonchev–Trinajstić information content (AvgIpc) is 2.86. The van der Waals surface area contributed by atoms with Gasteiger partial charge in [-0.15, -0.1) is 12.4 Å². The molecule has 1 aromatic heterocycles. The Balaban J connectivity index is 0.00000200. The number of benzene rings is 1. The zero-order chi connectivity index (χ0) is 13.7. The first-order valence-corrected chi connectivity index (χ1v) is 7.21. The topological polar surface area (TPSA) is 25.2 Å². The lowest BCUT2D eigenvalue weighted by atomic mass is 10.2. The van der Waals surface area contributed by atoms with E-state index in [2.05, 4.69) is 12.2 Å². The SMILES string of the molecule is CCCCNCc1ccc(-c2cc(Cl)ccc2Cl)o1.Cl. The Labute approximate surface area is 135 Å².